The number of ether oxygens (including phenoxy) is 3. The predicted octanol–water partition coefficient (Wildman–Crippen LogP) is 6.31. The van der Waals surface area contributed by atoms with Crippen LogP contribution in [0, 0.1) is 6.92 Å². The van der Waals surface area contributed by atoms with E-state index in [0.29, 0.717) is 39.9 Å². The Hall–Kier alpha value is -3.72. The molecular formula is C27H24Cl3N3O5. The van der Waals surface area contributed by atoms with E-state index in [1.54, 1.807) is 36.4 Å². The number of hydrogen-bond acceptors (Lipinski definition) is 6. The van der Waals surface area contributed by atoms with Crippen LogP contribution in [0.5, 0.6) is 17.2 Å². The summed E-state index contributed by atoms with van der Waals surface area (Å²) in [5.41, 5.74) is 4.67. The number of nitrogens with zero attached hydrogens (tertiary/aromatic N) is 1. The van der Waals surface area contributed by atoms with Crippen molar-refractivity contribution in [3.05, 3.63) is 92.9 Å². The lowest BCUT2D eigenvalue weighted by atomic mass is 10.2. The first-order chi connectivity index (χ1) is 18.2. The van der Waals surface area contributed by atoms with E-state index in [1.165, 1.54) is 31.5 Å². The van der Waals surface area contributed by atoms with E-state index < -0.39 is 11.8 Å². The van der Waals surface area contributed by atoms with Crippen molar-refractivity contribution in [3.8, 4) is 17.2 Å². The molecule has 0 saturated carbocycles. The number of methoxy groups -OCH3 is 1. The van der Waals surface area contributed by atoms with E-state index in [4.69, 9.17) is 49.0 Å². The Morgan fingerprint density at radius 1 is 0.974 bits per heavy atom. The van der Waals surface area contributed by atoms with Crippen molar-refractivity contribution in [2.75, 3.05) is 25.6 Å². The molecule has 0 bridgehead atoms. The Morgan fingerprint density at radius 3 is 2.37 bits per heavy atom. The first kappa shape index (κ1) is 28.8. The Kier molecular flexibility index (Phi) is 10.4. The molecule has 0 fully saturated rings. The highest BCUT2D eigenvalue weighted by molar-refractivity contribution is 6.37. The smallest absolute Gasteiger partial charge is 0.271 e. The maximum Gasteiger partial charge on any atom is 0.271 e. The van der Waals surface area contributed by atoms with Gasteiger partial charge in [-0.15, -0.1) is 0 Å². The molecule has 0 spiro atoms. The SMILES string of the molecule is C=CCOc1ccc(C(=O)N/N=C/c2cc(Cl)c(OCC(=O)Nc3ccc(C)c(Cl)c3)c(Cl)c2)cc1OC. The number of carbonyl (C=O) groups is 2. The van der Waals surface area contributed by atoms with Gasteiger partial charge in [-0.1, -0.05) is 53.5 Å². The summed E-state index contributed by atoms with van der Waals surface area (Å²) in [5, 5.41) is 7.50. The molecule has 0 aromatic heterocycles. The summed E-state index contributed by atoms with van der Waals surface area (Å²) in [6, 6.07) is 13.0. The quantitative estimate of drug-likeness (QED) is 0.158. The maximum atomic E-state index is 12.5. The van der Waals surface area contributed by atoms with Crippen LogP contribution < -0.4 is 25.0 Å². The molecular weight excluding hydrogens is 553 g/mol. The van der Waals surface area contributed by atoms with E-state index in [9.17, 15) is 9.59 Å². The highest BCUT2D eigenvalue weighted by Crippen LogP contribution is 2.34. The number of halogens is 3. The van der Waals surface area contributed by atoms with Crippen molar-refractivity contribution < 1.29 is 23.8 Å². The topological polar surface area (TPSA) is 98.3 Å². The number of hydrazone groups is 1. The molecule has 198 valence electrons. The van der Waals surface area contributed by atoms with E-state index in [0.717, 1.165) is 5.56 Å². The lowest BCUT2D eigenvalue weighted by Gasteiger charge is -2.11. The molecule has 0 radical (unpaired) electrons. The van der Waals surface area contributed by atoms with Gasteiger partial charge in [0, 0.05) is 16.3 Å². The Morgan fingerprint density at radius 2 is 1.71 bits per heavy atom. The lowest BCUT2D eigenvalue weighted by Crippen LogP contribution is -2.20. The summed E-state index contributed by atoms with van der Waals surface area (Å²) >= 11 is 18.7. The number of carbonyl (C=O) groups excluding carboxylic acids is 2. The summed E-state index contributed by atoms with van der Waals surface area (Å²) < 4.78 is 16.3. The van der Waals surface area contributed by atoms with Gasteiger partial charge >= 0.3 is 0 Å². The van der Waals surface area contributed by atoms with Crippen molar-refractivity contribution in [1.29, 1.82) is 0 Å². The van der Waals surface area contributed by atoms with Crippen LogP contribution in [-0.4, -0.2) is 38.4 Å². The fourth-order valence-electron chi connectivity index (χ4n) is 3.10. The Labute approximate surface area is 235 Å². The zero-order valence-corrected chi connectivity index (χ0v) is 22.8. The van der Waals surface area contributed by atoms with Gasteiger partial charge in [0.05, 0.1) is 23.4 Å². The fraction of sp³-hybridized carbons (Fsp3) is 0.148. The molecule has 0 aliphatic heterocycles. The van der Waals surface area contributed by atoms with E-state index >= 15 is 0 Å². The molecule has 0 aliphatic rings. The molecule has 0 unspecified atom stereocenters. The number of aryl methyl sites for hydroxylation is 1. The van der Waals surface area contributed by atoms with Gasteiger partial charge in [-0.25, -0.2) is 5.43 Å². The summed E-state index contributed by atoms with van der Waals surface area (Å²) in [4.78, 5) is 24.7. The third-order valence-electron chi connectivity index (χ3n) is 4.99. The molecule has 38 heavy (non-hydrogen) atoms. The highest BCUT2D eigenvalue weighted by atomic mass is 35.5. The van der Waals surface area contributed by atoms with Gasteiger partial charge in [0.1, 0.15) is 6.61 Å². The van der Waals surface area contributed by atoms with Gasteiger partial charge < -0.3 is 19.5 Å². The molecule has 0 saturated heterocycles. The number of hydrogen-bond donors (Lipinski definition) is 2. The number of amides is 2. The van der Waals surface area contributed by atoms with E-state index in [-0.39, 0.29) is 22.4 Å². The van der Waals surface area contributed by atoms with Gasteiger partial charge in [-0.05, 0) is 60.5 Å². The van der Waals surface area contributed by atoms with Crippen LogP contribution in [0.4, 0.5) is 5.69 Å². The van der Waals surface area contributed by atoms with E-state index in [2.05, 4.69) is 22.4 Å². The van der Waals surface area contributed by atoms with Crippen molar-refractivity contribution in [2.24, 2.45) is 5.10 Å². The van der Waals surface area contributed by atoms with Crippen LogP contribution in [0.2, 0.25) is 15.1 Å². The van der Waals surface area contributed by atoms with Crippen molar-refractivity contribution >= 4 is 58.5 Å². The van der Waals surface area contributed by atoms with E-state index in [1.807, 2.05) is 6.92 Å². The predicted molar refractivity (Wildman–Crippen MR) is 151 cm³/mol. The molecule has 3 rings (SSSR count). The van der Waals surface area contributed by atoms with Crippen molar-refractivity contribution in [2.45, 2.75) is 6.92 Å². The summed E-state index contributed by atoms with van der Waals surface area (Å²) in [7, 11) is 1.48. The Balaban J connectivity index is 1.59. The number of anilines is 1. The normalized spacial score (nSPS) is 10.7. The number of rotatable bonds is 11. The molecule has 0 aliphatic carbocycles. The summed E-state index contributed by atoms with van der Waals surface area (Å²) in [6.07, 6.45) is 2.97. The monoisotopic (exact) mass is 575 g/mol. The van der Waals surface area contributed by atoms with Crippen LogP contribution in [0.15, 0.2) is 66.3 Å². The third-order valence-corrected chi connectivity index (χ3v) is 5.95. The van der Waals surface area contributed by atoms with Crippen LogP contribution in [0.25, 0.3) is 0 Å². The van der Waals surface area contributed by atoms with Crippen LogP contribution in [0.1, 0.15) is 21.5 Å². The second-order valence-electron chi connectivity index (χ2n) is 7.78. The van der Waals surface area contributed by atoms with Gasteiger partial charge in [-0.3, -0.25) is 9.59 Å². The molecule has 8 nitrogen and oxygen atoms in total. The average molecular weight is 577 g/mol. The van der Waals surface area contributed by atoms with Crippen LogP contribution in [0.3, 0.4) is 0 Å². The zero-order valence-electron chi connectivity index (χ0n) is 20.5. The van der Waals surface area contributed by atoms with Crippen LogP contribution >= 0.6 is 34.8 Å². The minimum atomic E-state index is -0.465. The molecule has 3 aromatic carbocycles. The lowest BCUT2D eigenvalue weighted by molar-refractivity contribution is -0.118. The summed E-state index contributed by atoms with van der Waals surface area (Å²) in [6.45, 7) is 5.44. The fourth-order valence-corrected chi connectivity index (χ4v) is 3.90. The second kappa shape index (κ2) is 13.7. The molecule has 2 N–H and O–H groups in total. The van der Waals surface area contributed by atoms with Crippen molar-refractivity contribution in [1.82, 2.24) is 5.43 Å². The second-order valence-corrected chi connectivity index (χ2v) is 9.00. The maximum absolute atomic E-state index is 12.5. The number of nitrogens with one attached hydrogen (secondary N) is 2. The zero-order chi connectivity index (χ0) is 27.7. The molecule has 0 heterocycles. The molecule has 11 heteroatoms. The van der Waals surface area contributed by atoms with Crippen molar-refractivity contribution in [3.63, 3.8) is 0 Å². The van der Waals surface area contributed by atoms with Gasteiger partial charge in [0.2, 0.25) is 0 Å². The number of benzene rings is 3. The minimum Gasteiger partial charge on any atom is -0.493 e. The van der Waals surface area contributed by atoms with Gasteiger partial charge in [0.15, 0.2) is 23.9 Å². The molecule has 0 atom stereocenters. The first-order valence-electron chi connectivity index (χ1n) is 11.1. The Bertz CT molecular complexity index is 1360. The van der Waals surface area contributed by atoms with Crippen LogP contribution in [-0.2, 0) is 4.79 Å². The highest BCUT2D eigenvalue weighted by Gasteiger charge is 2.13. The summed E-state index contributed by atoms with van der Waals surface area (Å²) in [5.74, 6) is 0.137. The average Bonchev–Trinajstić information content (AvgIpc) is 2.89. The minimum absolute atomic E-state index is 0.137. The standard InChI is InChI=1S/C27H24Cl3N3O5/c1-4-9-37-23-8-6-18(12-24(23)36-3)27(35)33-31-14-17-10-21(29)26(22(30)11-17)38-15-25(34)32-19-7-5-16(2)20(28)13-19/h4-8,10-14H,1,9,15H2,2-3H3,(H,32,34)(H,33,35)/b31-14+. The van der Waals surface area contributed by atoms with Gasteiger partial charge in [0.25, 0.3) is 11.8 Å². The molecule has 2 amide bonds. The van der Waals surface area contributed by atoms with Gasteiger partial charge in [-0.2, -0.15) is 5.10 Å². The largest absolute Gasteiger partial charge is 0.493 e. The third kappa shape index (κ3) is 7.89. The molecule has 3 aromatic rings. The first-order valence-corrected chi connectivity index (χ1v) is 12.3.